The SMILES string of the molecule is CN(Cc1ccccc1N1CCOCC1)C(=O)C1CCN(c2ccc(Cl)cc2)C1=O. The van der Waals surface area contributed by atoms with E-state index in [9.17, 15) is 9.59 Å². The van der Waals surface area contributed by atoms with Crippen LogP contribution in [0.15, 0.2) is 48.5 Å². The number of benzene rings is 2. The Morgan fingerprint density at radius 3 is 2.53 bits per heavy atom. The molecule has 0 aromatic heterocycles. The van der Waals surface area contributed by atoms with Crippen LogP contribution in [0.4, 0.5) is 11.4 Å². The molecule has 6 nitrogen and oxygen atoms in total. The first kappa shape index (κ1) is 20.7. The minimum Gasteiger partial charge on any atom is -0.378 e. The molecule has 2 fully saturated rings. The van der Waals surface area contributed by atoms with E-state index in [0.717, 1.165) is 30.0 Å². The quantitative estimate of drug-likeness (QED) is 0.688. The van der Waals surface area contributed by atoms with Crippen LogP contribution in [0.1, 0.15) is 12.0 Å². The molecule has 2 aliphatic heterocycles. The van der Waals surface area contributed by atoms with Gasteiger partial charge in [0, 0.05) is 49.6 Å². The first-order chi connectivity index (χ1) is 14.5. The van der Waals surface area contributed by atoms with Gasteiger partial charge in [0.05, 0.1) is 13.2 Å². The second-order valence-electron chi connectivity index (χ2n) is 7.73. The van der Waals surface area contributed by atoms with Crippen LogP contribution in [-0.2, 0) is 20.9 Å². The summed E-state index contributed by atoms with van der Waals surface area (Å²) in [5.41, 5.74) is 2.98. The van der Waals surface area contributed by atoms with Gasteiger partial charge in [-0.15, -0.1) is 0 Å². The van der Waals surface area contributed by atoms with Gasteiger partial charge in [-0.05, 0) is 42.3 Å². The van der Waals surface area contributed by atoms with Crippen LogP contribution in [0.2, 0.25) is 5.02 Å². The predicted octanol–water partition coefficient (Wildman–Crippen LogP) is 3.19. The Kier molecular flexibility index (Phi) is 6.25. The van der Waals surface area contributed by atoms with Crippen LogP contribution >= 0.6 is 11.6 Å². The Morgan fingerprint density at radius 1 is 1.10 bits per heavy atom. The van der Waals surface area contributed by atoms with Crippen molar-refractivity contribution < 1.29 is 14.3 Å². The molecule has 0 spiro atoms. The fourth-order valence-electron chi connectivity index (χ4n) is 4.14. The lowest BCUT2D eigenvalue weighted by atomic mass is 10.1. The lowest BCUT2D eigenvalue weighted by molar-refractivity contribution is -0.139. The van der Waals surface area contributed by atoms with Gasteiger partial charge in [-0.2, -0.15) is 0 Å². The van der Waals surface area contributed by atoms with E-state index in [1.807, 2.05) is 30.3 Å². The molecule has 7 heteroatoms. The van der Waals surface area contributed by atoms with Gasteiger partial charge in [0.25, 0.3) is 0 Å². The van der Waals surface area contributed by atoms with Gasteiger partial charge in [0.2, 0.25) is 11.8 Å². The molecule has 2 amide bonds. The molecule has 2 aromatic rings. The topological polar surface area (TPSA) is 53.1 Å². The zero-order valence-corrected chi connectivity index (χ0v) is 17.8. The average molecular weight is 428 g/mol. The molecule has 2 saturated heterocycles. The number of carbonyl (C=O) groups is 2. The van der Waals surface area contributed by atoms with E-state index < -0.39 is 5.92 Å². The summed E-state index contributed by atoms with van der Waals surface area (Å²) in [6.45, 7) is 4.10. The maximum absolute atomic E-state index is 13.1. The number of hydrogen-bond donors (Lipinski definition) is 0. The van der Waals surface area contributed by atoms with Crippen LogP contribution in [0.3, 0.4) is 0 Å². The molecule has 4 rings (SSSR count). The van der Waals surface area contributed by atoms with Crippen molar-refractivity contribution in [3.8, 4) is 0 Å². The first-order valence-corrected chi connectivity index (χ1v) is 10.6. The van der Waals surface area contributed by atoms with Crippen molar-refractivity contribution in [1.82, 2.24) is 4.90 Å². The van der Waals surface area contributed by atoms with Crippen LogP contribution < -0.4 is 9.80 Å². The number of halogens is 1. The van der Waals surface area contributed by atoms with E-state index in [4.69, 9.17) is 16.3 Å². The molecule has 0 saturated carbocycles. The van der Waals surface area contributed by atoms with Gasteiger partial charge in [0.1, 0.15) is 5.92 Å². The second-order valence-corrected chi connectivity index (χ2v) is 8.17. The molecular formula is C23H26ClN3O3. The van der Waals surface area contributed by atoms with E-state index in [1.54, 1.807) is 29.0 Å². The zero-order valence-electron chi connectivity index (χ0n) is 17.1. The van der Waals surface area contributed by atoms with E-state index in [1.165, 1.54) is 0 Å². The van der Waals surface area contributed by atoms with Crippen LogP contribution in [0.5, 0.6) is 0 Å². The zero-order chi connectivity index (χ0) is 21.1. The molecule has 2 heterocycles. The summed E-state index contributed by atoms with van der Waals surface area (Å²) in [6, 6.07) is 15.3. The van der Waals surface area contributed by atoms with Gasteiger partial charge >= 0.3 is 0 Å². The highest BCUT2D eigenvalue weighted by Gasteiger charge is 2.39. The summed E-state index contributed by atoms with van der Waals surface area (Å²) in [4.78, 5) is 31.7. The highest BCUT2D eigenvalue weighted by Crippen LogP contribution is 2.29. The molecule has 2 aliphatic rings. The van der Waals surface area contributed by atoms with Gasteiger partial charge in [-0.25, -0.2) is 0 Å². The number of ether oxygens (including phenoxy) is 1. The third-order valence-electron chi connectivity index (χ3n) is 5.77. The van der Waals surface area contributed by atoms with Gasteiger partial charge in [0.15, 0.2) is 0 Å². The minimum atomic E-state index is -0.638. The molecule has 0 radical (unpaired) electrons. The highest BCUT2D eigenvalue weighted by molar-refractivity contribution is 6.30. The molecule has 1 atom stereocenters. The summed E-state index contributed by atoms with van der Waals surface area (Å²) in [5, 5.41) is 0.622. The monoisotopic (exact) mass is 427 g/mol. The van der Waals surface area contributed by atoms with Crippen molar-refractivity contribution >= 4 is 34.8 Å². The summed E-state index contributed by atoms with van der Waals surface area (Å²) in [7, 11) is 1.77. The third-order valence-corrected chi connectivity index (χ3v) is 6.02. The van der Waals surface area contributed by atoms with E-state index in [0.29, 0.717) is 37.7 Å². The molecule has 0 bridgehead atoms. The number of morpholine rings is 1. The third kappa shape index (κ3) is 4.30. The first-order valence-electron chi connectivity index (χ1n) is 10.3. The number of hydrogen-bond acceptors (Lipinski definition) is 4. The van der Waals surface area contributed by atoms with Crippen molar-refractivity contribution in [3.05, 3.63) is 59.1 Å². The molecule has 0 aliphatic carbocycles. The lowest BCUT2D eigenvalue weighted by Gasteiger charge is -2.31. The Morgan fingerprint density at radius 2 is 1.80 bits per heavy atom. The number of amides is 2. The van der Waals surface area contributed by atoms with Crippen LogP contribution in [-0.4, -0.2) is 56.6 Å². The average Bonchev–Trinajstić information content (AvgIpc) is 3.16. The molecule has 0 N–H and O–H groups in total. The van der Waals surface area contributed by atoms with Crippen LogP contribution in [0, 0.1) is 5.92 Å². The summed E-state index contributed by atoms with van der Waals surface area (Å²) < 4.78 is 5.46. The van der Waals surface area contributed by atoms with E-state index >= 15 is 0 Å². The number of para-hydroxylation sites is 1. The Hall–Kier alpha value is -2.57. The van der Waals surface area contributed by atoms with Crippen molar-refractivity contribution in [2.45, 2.75) is 13.0 Å². The maximum atomic E-state index is 13.1. The molecule has 1 unspecified atom stereocenters. The Labute approximate surface area is 182 Å². The molecule has 2 aromatic carbocycles. The van der Waals surface area contributed by atoms with E-state index in [-0.39, 0.29) is 11.8 Å². The number of carbonyl (C=O) groups excluding carboxylic acids is 2. The summed E-state index contributed by atoms with van der Waals surface area (Å²) in [5.74, 6) is -0.912. The number of nitrogens with zero attached hydrogens (tertiary/aromatic N) is 3. The summed E-state index contributed by atoms with van der Waals surface area (Å²) in [6.07, 6.45) is 0.524. The van der Waals surface area contributed by atoms with Gasteiger partial charge < -0.3 is 19.4 Å². The van der Waals surface area contributed by atoms with Crippen molar-refractivity contribution in [2.24, 2.45) is 5.92 Å². The van der Waals surface area contributed by atoms with Gasteiger partial charge in [-0.3, -0.25) is 9.59 Å². The highest BCUT2D eigenvalue weighted by atomic mass is 35.5. The lowest BCUT2D eigenvalue weighted by Crippen LogP contribution is -2.39. The number of anilines is 2. The minimum absolute atomic E-state index is 0.131. The standard InChI is InChI=1S/C23H26ClN3O3/c1-25(16-17-4-2-3-5-21(17)26-12-14-30-15-13-26)22(28)20-10-11-27(23(20)29)19-8-6-18(24)7-9-19/h2-9,20H,10-16H2,1H3. The van der Waals surface area contributed by atoms with Crippen molar-refractivity contribution in [3.63, 3.8) is 0 Å². The Bertz CT molecular complexity index is 912. The molecule has 158 valence electrons. The normalized spacial score (nSPS) is 19.3. The largest absolute Gasteiger partial charge is 0.378 e. The molecular weight excluding hydrogens is 402 g/mol. The Balaban J connectivity index is 1.44. The smallest absolute Gasteiger partial charge is 0.239 e. The summed E-state index contributed by atoms with van der Waals surface area (Å²) >= 11 is 5.95. The van der Waals surface area contributed by atoms with Crippen molar-refractivity contribution in [1.29, 1.82) is 0 Å². The van der Waals surface area contributed by atoms with Crippen molar-refractivity contribution in [2.75, 3.05) is 49.7 Å². The fraction of sp³-hybridized carbons (Fsp3) is 0.391. The molecule has 30 heavy (non-hydrogen) atoms. The predicted molar refractivity (Wildman–Crippen MR) is 118 cm³/mol. The fourth-order valence-corrected chi connectivity index (χ4v) is 4.27. The van der Waals surface area contributed by atoms with E-state index in [2.05, 4.69) is 11.0 Å². The van der Waals surface area contributed by atoms with Crippen LogP contribution in [0.25, 0.3) is 0 Å². The maximum Gasteiger partial charge on any atom is 0.239 e. The van der Waals surface area contributed by atoms with Gasteiger partial charge in [-0.1, -0.05) is 29.8 Å². The second kappa shape index (κ2) is 9.06. The number of rotatable bonds is 5.